The molecule has 0 saturated carbocycles. The maximum Gasteiger partial charge on any atom is 0.344 e. The summed E-state index contributed by atoms with van der Waals surface area (Å²) in [5.41, 5.74) is 1.25. The van der Waals surface area contributed by atoms with Crippen LogP contribution in [0.1, 0.15) is 17.0 Å². The van der Waals surface area contributed by atoms with Crippen molar-refractivity contribution in [3.05, 3.63) is 106 Å². The molecule has 0 fully saturated rings. The lowest BCUT2D eigenvalue weighted by Gasteiger charge is -2.38. The lowest BCUT2D eigenvalue weighted by atomic mass is 9.78. The van der Waals surface area contributed by atoms with Crippen molar-refractivity contribution in [2.24, 2.45) is 5.92 Å². The average molecular weight is 426 g/mol. The van der Waals surface area contributed by atoms with Crippen molar-refractivity contribution in [3.63, 3.8) is 0 Å². The van der Waals surface area contributed by atoms with E-state index >= 15 is 0 Å². The lowest BCUT2D eigenvalue weighted by Crippen LogP contribution is -2.40. The molecule has 2 aliphatic heterocycles. The Morgan fingerprint density at radius 3 is 2.53 bits per heavy atom. The molecule has 0 N–H and O–H groups in total. The van der Waals surface area contributed by atoms with Crippen LogP contribution in [0.15, 0.2) is 93.4 Å². The highest BCUT2D eigenvalue weighted by atomic mass is 16.6. The number of allylic oxidation sites excluding steroid dienone is 2. The summed E-state index contributed by atoms with van der Waals surface area (Å²) in [5, 5.41) is 0.679. The van der Waals surface area contributed by atoms with Crippen LogP contribution in [0.25, 0.3) is 11.0 Å². The van der Waals surface area contributed by atoms with Crippen molar-refractivity contribution in [2.75, 3.05) is 7.11 Å². The van der Waals surface area contributed by atoms with E-state index < -0.39 is 23.6 Å². The van der Waals surface area contributed by atoms with Gasteiger partial charge >= 0.3 is 11.6 Å². The van der Waals surface area contributed by atoms with Crippen LogP contribution >= 0.6 is 0 Å². The number of esters is 1. The summed E-state index contributed by atoms with van der Waals surface area (Å²) >= 11 is 0. The largest absolute Gasteiger partial charge is 0.497 e. The van der Waals surface area contributed by atoms with Gasteiger partial charge in [0.1, 0.15) is 28.9 Å². The zero-order chi connectivity index (χ0) is 21.8. The summed E-state index contributed by atoms with van der Waals surface area (Å²) < 4.78 is 23.0. The molecule has 3 aliphatic rings. The standard InChI is InChI=1S/C26H18O6/c1-29-15-12-10-14(11-13-15)20-21-23(16-6-2-4-8-18(16)30-25(21)27)32-24-17-7-3-5-9-19(17)31-26(28)22(20)24/h2-13,16,18,20H,1H3. The first-order valence-electron chi connectivity index (χ1n) is 10.3. The summed E-state index contributed by atoms with van der Waals surface area (Å²) in [6.45, 7) is 0. The van der Waals surface area contributed by atoms with Crippen LogP contribution in [0.2, 0.25) is 0 Å². The number of carbonyl (C=O) groups is 1. The van der Waals surface area contributed by atoms with Gasteiger partial charge in [0.25, 0.3) is 0 Å². The van der Waals surface area contributed by atoms with Gasteiger partial charge in [-0.05, 0) is 35.9 Å². The van der Waals surface area contributed by atoms with Gasteiger partial charge < -0.3 is 18.6 Å². The maximum absolute atomic E-state index is 13.2. The van der Waals surface area contributed by atoms with Crippen LogP contribution in [0.3, 0.4) is 0 Å². The predicted molar refractivity (Wildman–Crippen MR) is 117 cm³/mol. The first kappa shape index (κ1) is 18.7. The van der Waals surface area contributed by atoms with Gasteiger partial charge in [0.05, 0.1) is 35.5 Å². The van der Waals surface area contributed by atoms with Crippen LogP contribution in [0, 0.1) is 5.92 Å². The van der Waals surface area contributed by atoms with Gasteiger partial charge in [-0.25, -0.2) is 9.59 Å². The fourth-order valence-corrected chi connectivity index (χ4v) is 4.67. The normalized spacial score (nSPS) is 23.2. The fourth-order valence-electron chi connectivity index (χ4n) is 4.67. The Bertz CT molecular complexity index is 1410. The molecular weight excluding hydrogens is 408 g/mol. The monoisotopic (exact) mass is 426 g/mol. The van der Waals surface area contributed by atoms with E-state index in [1.165, 1.54) is 0 Å². The van der Waals surface area contributed by atoms with Crippen molar-refractivity contribution >= 4 is 16.9 Å². The minimum absolute atomic E-state index is 0.271. The van der Waals surface area contributed by atoms with Crippen molar-refractivity contribution in [1.29, 1.82) is 0 Å². The molecule has 2 aromatic carbocycles. The Morgan fingerprint density at radius 1 is 0.938 bits per heavy atom. The minimum Gasteiger partial charge on any atom is -0.497 e. The highest BCUT2D eigenvalue weighted by Gasteiger charge is 2.47. The van der Waals surface area contributed by atoms with Crippen LogP contribution in [-0.4, -0.2) is 19.2 Å². The van der Waals surface area contributed by atoms with Crippen molar-refractivity contribution in [2.45, 2.75) is 12.0 Å². The maximum atomic E-state index is 13.2. The first-order chi connectivity index (χ1) is 15.7. The van der Waals surface area contributed by atoms with E-state index in [1.54, 1.807) is 31.4 Å². The Balaban J connectivity index is 1.66. The Kier molecular flexibility index (Phi) is 4.08. The van der Waals surface area contributed by atoms with Gasteiger partial charge in [-0.2, -0.15) is 0 Å². The Labute approximate surface area is 183 Å². The fraction of sp³-hybridized carbons (Fsp3) is 0.154. The van der Waals surface area contributed by atoms with Crippen LogP contribution < -0.4 is 15.1 Å². The molecule has 0 saturated heterocycles. The van der Waals surface area contributed by atoms with E-state index in [1.807, 2.05) is 48.6 Å². The summed E-state index contributed by atoms with van der Waals surface area (Å²) in [6.07, 6.45) is 7.10. The second-order valence-corrected chi connectivity index (χ2v) is 7.88. The molecule has 6 rings (SSSR count). The molecule has 1 aliphatic carbocycles. The average Bonchev–Trinajstić information content (AvgIpc) is 2.83. The SMILES string of the molecule is COc1ccc(C2C3=C(Oc4c2c(=O)oc2ccccc42)C2C=CC=CC2OC3=O)cc1. The molecule has 6 heteroatoms. The molecule has 158 valence electrons. The van der Waals surface area contributed by atoms with E-state index in [9.17, 15) is 9.59 Å². The van der Waals surface area contributed by atoms with E-state index in [0.717, 1.165) is 5.56 Å². The Morgan fingerprint density at radius 2 is 1.72 bits per heavy atom. The van der Waals surface area contributed by atoms with Crippen LogP contribution in [0.5, 0.6) is 11.5 Å². The van der Waals surface area contributed by atoms with Crippen molar-refractivity contribution < 1.29 is 23.4 Å². The number of methoxy groups -OCH3 is 1. The molecule has 3 unspecified atom stereocenters. The molecule has 0 spiro atoms. The third kappa shape index (κ3) is 2.66. The van der Waals surface area contributed by atoms with E-state index in [-0.39, 0.29) is 5.92 Å². The van der Waals surface area contributed by atoms with E-state index in [4.69, 9.17) is 18.6 Å². The van der Waals surface area contributed by atoms with Gasteiger partial charge in [-0.15, -0.1) is 0 Å². The highest BCUT2D eigenvalue weighted by Crippen LogP contribution is 2.49. The topological polar surface area (TPSA) is 75.0 Å². The molecule has 3 heterocycles. The van der Waals surface area contributed by atoms with Crippen LogP contribution in [-0.2, 0) is 9.53 Å². The van der Waals surface area contributed by atoms with Crippen molar-refractivity contribution in [3.8, 4) is 11.5 Å². The predicted octanol–water partition coefficient (Wildman–Crippen LogP) is 4.25. The molecule has 6 nitrogen and oxygen atoms in total. The Hall–Kier alpha value is -4.06. The van der Waals surface area contributed by atoms with Gasteiger partial charge in [0, 0.05) is 0 Å². The number of benzene rings is 2. The summed E-state index contributed by atoms with van der Waals surface area (Å²) in [4.78, 5) is 26.4. The quantitative estimate of drug-likeness (QED) is 0.451. The van der Waals surface area contributed by atoms with E-state index in [0.29, 0.717) is 39.4 Å². The number of rotatable bonds is 2. The second kappa shape index (κ2) is 6.99. The second-order valence-electron chi connectivity index (χ2n) is 7.88. The first-order valence-corrected chi connectivity index (χ1v) is 10.3. The van der Waals surface area contributed by atoms with Gasteiger partial charge in [0.15, 0.2) is 0 Å². The van der Waals surface area contributed by atoms with Gasteiger partial charge in [-0.3, -0.25) is 0 Å². The summed E-state index contributed by atoms with van der Waals surface area (Å²) in [7, 11) is 1.59. The summed E-state index contributed by atoms with van der Waals surface area (Å²) in [5.74, 6) is 0.150. The number of ether oxygens (including phenoxy) is 3. The molecule has 0 bridgehead atoms. The molecule has 0 amide bonds. The number of hydrogen-bond acceptors (Lipinski definition) is 6. The third-order valence-electron chi connectivity index (χ3n) is 6.15. The molecule has 3 aromatic rings. The number of fused-ring (bicyclic) bond motifs is 5. The molecule has 3 atom stereocenters. The minimum atomic E-state index is -0.687. The lowest BCUT2D eigenvalue weighted by molar-refractivity contribution is -0.146. The molecule has 0 radical (unpaired) electrons. The van der Waals surface area contributed by atoms with Crippen molar-refractivity contribution in [1.82, 2.24) is 0 Å². The number of carbonyl (C=O) groups excluding carboxylic acids is 1. The zero-order valence-corrected chi connectivity index (χ0v) is 17.1. The third-order valence-corrected chi connectivity index (χ3v) is 6.15. The molecule has 1 aromatic heterocycles. The number of hydrogen-bond donors (Lipinski definition) is 0. The smallest absolute Gasteiger partial charge is 0.344 e. The van der Waals surface area contributed by atoms with Gasteiger partial charge in [0.2, 0.25) is 0 Å². The molecule has 32 heavy (non-hydrogen) atoms. The molecular formula is C26H18O6. The van der Waals surface area contributed by atoms with E-state index in [2.05, 4.69) is 0 Å². The highest BCUT2D eigenvalue weighted by molar-refractivity contribution is 5.96. The van der Waals surface area contributed by atoms with Crippen LogP contribution in [0.4, 0.5) is 0 Å². The zero-order valence-electron chi connectivity index (χ0n) is 17.1. The summed E-state index contributed by atoms with van der Waals surface area (Å²) in [6, 6.07) is 14.5. The number of para-hydroxylation sites is 1. The van der Waals surface area contributed by atoms with Gasteiger partial charge in [-0.1, -0.05) is 42.5 Å².